The van der Waals surface area contributed by atoms with Crippen molar-refractivity contribution in [2.24, 2.45) is 4.99 Å². The van der Waals surface area contributed by atoms with Gasteiger partial charge in [-0.15, -0.1) is 0 Å². The number of amides is 1. The normalized spacial score (nSPS) is 18.0. The second-order valence-electron chi connectivity index (χ2n) is 7.22. The summed E-state index contributed by atoms with van der Waals surface area (Å²) < 4.78 is 11.2. The van der Waals surface area contributed by atoms with Crippen LogP contribution in [0, 0.1) is 0 Å². The van der Waals surface area contributed by atoms with E-state index in [-0.39, 0.29) is 24.6 Å². The van der Waals surface area contributed by atoms with Gasteiger partial charge >= 0.3 is 0 Å². The van der Waals surface area contributed by atoms with Gasteiger partial charge in [-0.25, -0.2) is 4.99 Å². The van der Waals surface area contributed by atoms with Crippen molar-refractivity contribution in [2.75, 3.05) is 47.0 Å². The van der Waals surface area contributed by atoms with Gasteiger partial charge < -0.3 is 25.0 Å². The molecule has 1 aliphatic heterocycles. The molecule has 28 heavy (non-hydrogen) atoms. The summed E-state index contributed by atoms with van der Waals surface area (Å²) in [4.78, 5) is 17.9. The summed E-state index contributed by atoms with van der Waals surface area (Å²) in [5.74, 6) is 0.596. The Labute approximate surface area is 168 Å². The highest BCUT2D eigenvalue weighted by Crippen LogP contribution is 2.12. The number of nitrogens with zero attached hydrogens (tertiary/aromatic N) is 2. The summed E-state index contributed by atoms with van der Waals surface area (Å²) >= 11 is 0. The van der Waals surface area contributed by atoms with Crippen molar-refractivity contribution in [1.29, 1.82) is 0 Å². The van der Waals surface area contributed by atoms with Crippen LogP contribution in [0.25, 0.3) is 0 Å². The predicted octanol–water partition coefficient (Wildman–Crippen LogP) is 1.96. The van der Waals surface area contributed by atoms with Gasteiger partial charge in [0.15, 0.2) is 5.96 Å². The Morgan fingerprint density at radius 3 is 2.82 bits per heavy atom. The Morgan fingerprint density at radius 2 is 2.14 bits per heavy atom. The average Bonchev–Trinajstić information content (AvgIpc) is 3.22. The highest BCUT2D eigenvalue weighted by atomic mass is 16.5. The van der Waals surface area contributed by atoms with Gasteiger partial charge in [0.05, 0.1) is 18.8 Å². The Bertz CT molecular complexity index is 601. The van der Waals surface area contributed by atoms with Crippen LogP contribution in [-0.2, 0) is 14.3 Å². The number of nitrogens with one attached hydrogen (secondary N) is 2. The smallest absolute Gasteiger partial charge is 0.243 e. The lowest BCUT2D eigenvalue weighted by Crippen LogP contribution is -2.40. The molecule has 1 aromatic rings. The molecule has 2 rings (SSSR count). The summed E-state index contributed by atoms with van der Waals surface area (Å²) in [6.45, 7) is 5.10. The van der Waals surface area contributed by atoms with Crippen LogP contribution in [0.1, 0.15) is 37.8 Å². The van der Waals surface area contributed by atoms with Crippen LogP contribution in [0.3, 0.4) is 0 Å². The zero-order chi connectivity index (χ0) is 20.2. The molecule has 0 spiro atoms. The minimum Gasteiger partial charge on any atom is -0.379 e. The summed E-state index contributed by atoms with van der Waals surface area (Å²) in [6, 6.07) is 10.2. The average molecular weight is 391 g/mol. The number of hydrogen-bond acceptors (Lipinski definition) is 4. The van der Waals surface area contributed by atoms with Crippen LogP contribution in [0.5, 0.6) is 0 Å². The Kier molecular flexibility index (Phi) is 9.79. The number of rotatable bonds is 10. The number of aliphatic imine (C=N–C) groups is 1. The molecule has 0 saturated carbocycles. The first-order chi connectivity index (χ1) is 13.6. The van der Waals surface area contributed by atoms with E-state index in [1.807, 2.05) is 18.2 Å². The van der Waals surface area contributed by atoms with E-state index < -0.39 is 0 Å². The molecule has 0 aromatic heterocycles. The maximum Gasteiger partial charge on any atom is 0.243 e. The SMILES string of the molecule is CC(NC(=NCC(=O)N(C)C)NCCCOCC1CCCO1)c1ccccc1. The van der Waals surface area contributed by atoms with Crippen LogP contribution < -0.4 is 10.6 Å². The highest BCUT2D eigenvalue weighted by molar-refractivity contribution is 5.85. The highest BCUT2D eigenvalue weighted by Gasteiger charge is 2.15. The molecule has 1 amide bonds. The van der Waals surface area contributed by atoms with Crippen molar-refractivity contribution < 1.29 is 14.3 Å². The summed E-state index contributed by atoms with van der Waals surface area (Å²) in [6.07, 6.45) is 3.34. The molecule has 7 heteroatoms. The molecule has 1 saturated heterocycles. The maximum atomic E-state index is 11.9. The number of benzene rings is 1. The largest absolute Gasteiger partial charge is 0.379 e. The van der Waals surface area contributed by atoms with E-state index >= 15 is 0 Å². The van der Waals surface area contributed by atoms with E-state index in [9.17, 15) is 4.79 Å². The zero-order valence-corrected chi connectivity index (χ0v) is 17.3. The third-order valence-electron chi connectivity index (χ3n) is 4.61. The molecule has 0 radical (unpaired) electrons. The fourth-order valence-corrected chi connectivity index (χ4v) is 2.84. The number of carbonyl (C=O) groups is 1. The second kappa shape index (κ2) is 12.4. The molecular weight excluding hydrogens is 356 g/mol. The zero-order valence-electron chi connectivity index (χ0n) is 17.3. The lowest BCUT2D eigenvalue weighted by Gasteiger charge is -2.19. The minimum absolute atomic E-state index is 0.0339. The molecule has 2 atom stereocenters. The predicted molar refractivity (Wildman–Crippen MR) is 111 cm³/mol. The molecule has 2 unspecified atom stereocenters. The van der Waals surface area contributed by atoms with Gasteiger partial charge in [0.1, 0.15) is 6.54 Å². The van der Waals surface area contributed by atoms with E-state index in [0.29, 0.717) is 19.2 Å². The number of hydrogen-bond donors (Lipinski definition) is 2. The van der Waals surface area contributed by atoms with Gasteiger partial charge in [0.2, 0.25) is 5.91 Å². The van der Waals surface area contributed by atoms with E-state index in [1.54, 1.807) is 19.0 Å². The van der Waals surface area contributed by atoms with Crippen LogP contribution >= 0.6 is 0 Å². The standard InChI is InChI=1S/C21H34N4O3/c1-17(18-9-5-4-6-10-18)24-21(23-15-20(26)25(2)3)22-12-8-13-27-16-19-11-7-14-28-19/h4-6,9-10,17,19H,7-8,11-16H2,1-3H3,(H2,22,23,24). The monoisotopic (exact) mass is 390 g/mol. The number of guanidine groups is 1. The maximum absolute atomic E-state index is 11.9. The number of likely N-dealkylation sites (N-methyl/N-ethyl adjacent to an activating group) is 1. The molecule has 2 N–H and O–H groups in total. The molecule has 1 aromatic carbocycles. The minimum atomic E-state index is -0.0339. The number of ether oxygens (including phenoxy) is 2. The van der Waals surface area contributed by atoms with E-state index in [1.165, 1.54) is 0 Å². The first-order valence-corrected chi connectivity index (χ1v) is 10.1. The van der Waals surface area contributed by atoms with E-state index in [4.69, 9.17) is 9.47 Å². The van der Waals surface area contributed by atoms with Gasteiger partial charge in [0, 0.05) is 33.9 Å². The third kappa shape index (κ3) is 8.27. The van der Waals surface area contributed by atoms with Gasteiger partial charge in [0.25, 0.3) is 0 Å². The van der Waals surface area contributed by atoms with Crippen LogP contribution in [0.4, 0.5) is 0 Å². The van der Waals surface area contributed by atoms with Crippen molar-refractivity contribution in [3.8, 4) is 0 Å². The van der Waals surface area contributed by atoms with E-state index in [2.05, 4.69) is 34.7 Å². The van der Waals surface area contributed by atoms with Crippen molar-refractivity contribution in [3.63, 3.8) is 0 Å². The summed E-state index contributed by atoms with van der Waals surface area (Å²) in [5, 5.41) is 6.67. The van der Waals surface area contributed by atoms with Crippen LogP contribution in [-0.4, -0.2) is 69.9 Å². The topological polar surface area (TPSA) is 75.2 Å². The molecule has 0 bridgehead atoms. The van der Waals surface area contributed by atoms with E-state index in [0.717, 1.165) is 38.0 Å². The molecule has 7 nitrogen and oxygen atoms in total. The van der Waals surface area contributed by atoms with Gasteiger partial charge in [-0.2, -0.15) is 0 Å². The molecule has 1 fully saturated rings. The Balaban J connectivity index is 1.78. The quantitative estimate of drug-likeness (QED) is 0.363. The van der Waals surface area contributed by atoms with Crippen molar-refractivity contribution in [2.45, 2.75) is 38.3 Å². The van der Waals surface area contributed by atoms with Gasteiger partial charge in [-0.05, 0) is 31.7 Å². The summed E-state index contributed by atoms with van der Waals surface area (Å²) in [5.41, 5.74) is 1.16. The van der Waals surface area contributed by atoms with Crippen molar-refractivity contribution in [1.82, 2.24) is 15.5 Å². The summed E-state index contributed by atoms with van der Waals surface area (Å²) in [7, 11) is 3.47. The first-order valence-electron chi connectivity index (χ1n) is 10.1. The fraction of sp³-hybridized carbons (Fsp3) is 0.619. The first kappa shape index (κ1) is 22.2. The molecule has 0 aliphatic carbocycles. The van der Waals surface area contributed by atoms with Crippen molar-refractivity contribution in [3.05, 3.63) is 35.9 Å². The third-order valence-corrected chi connectivity index (χ3v) is 4.61. The fourth-order valence-electron chi connectivity index (χ4n) is 2.84. The lowest BCUT2D eigenvalue weighted by molar-refractivity contribution is -0.127. The van der Waals surface area contributed by atoms with Crippen LogP contribution in [0.2, 0.25) is 0 Å². The lowest BCUT2D eigenvalue weighted by atomic mass is 10.1. The number of carbonyl (C=O) groups excluding carboxylic acids is 1. The molecule has 1 aliphatic rings. The van der Waals surface area contributed by atoms with Gasteiger partial charge in [-0.1, -0.05) is 30.3 Å². The molecule has 156 valence electrons. The Hall–Kier alpha value is -2.12. The van der Waals surface area contributed by atoms with Gasteiger partial charge in [-0.3, -0.25) is 4.79 Å². The Morgan fingerprint density at radius 1 is 1.36 bits per heavy atom. The molecular formula is C21H34N4O3. The second-order valence-corrected chi connectivity index (χ2v) is 7.22. The van der Waals surface area contributed by atoms with Crippen LogP contribution in [0.15, 0.2) is 35.3 Å². The van der Waals surface area contributed by atoms with Crippen molar-refractivity contribution >= 4 is 11.9 Å². The molecule has 1 heterocycles.